The van der Waals surface area contributed by atoms with E-state index in [-0.39, 0.29) is 12.4 Å². The molecule has 0 radical (unpaired) electrons. The molecule has 0 aliphatic heterocycles. The highest BCUT2D eigenvalue weighted by Gasteiger charge is 2.21. The maximum Gasteiger partial charge on any atom is 0.339 e. The molecular formula is C23H21N3O4S. The molecule has 31 heavy (non-hydrogen) atoms. The Morgan fingerprint density at radius 3 is 2.68 bits per heavy atom. The zero-order chi connectivity index (χ0) is 22.1. The first-order chi connectivity index (χ1) is 14.9. The Morgan fingerprint density at radius 1 is 1.19 bits per heavy atom. The minimum atomic E-state index is -0.489. The van der Waals surface area contributed by atoms with Gasteiger partial charge in [-0.2, -0.15) is 5.10 Å². The van der Waals surface area contributed by atoms with Crippen LogP contribution in [0, 0.1) is 6.92 Å². The lowest BCUT2D eigenvalue weighted by molar-refractivity contribution is 0.0472. The third-order valence-electron chi connectivity index (χ3n) is 5.01. The summed E-state index contributed by atoms with van der Waals surface area (Å²) in [5, 5.41) is 7.05. The van der Waals surface area contributed by atoms with Gasteiger partial charge >= 0.3 is 5.97 Å². The molecule has 0 unspecified atom stereocenters. The maximum absolute atomic E-state index is 13.1. The Hall–Kier alpha value is -3.52. The molecule has 8 heteroatoms. The molecule has 7 nitrogen and oxygen atoms in total. The average Bonchev–Trinajstić information content (AvgIpc) is 3.39. The molecule has 3 aromatic heterocycles. The van der Waals surface area contributed by atoms with Crippen molar-refractivity contribution in [2.24, 2.45) is 7.05 Å². The monoisotopic (exact) mass is 435 g/mol. The molecule has 4 rings (SSSR count). The number of hydrogen-bond donors (Lipinski definition) is 0. The van der Waals surface area contributed by atoms with Crippen LogP contribution >= 0.6 is 11.3 Å². The molecule has 0 aliphatic carbocycles. The van der Waals surface area contributed by atoms with Crippen LogP contribution in [0.3, 0.4) is 0 Å². The number of benzene rings is 1. The minimum absolute atomic E-state index is 0.0272. The lowest BCUT2D eigenvalue weighted by Gasteiger charge is -2.12. The number of thiophene rings is 1. The van der Waals surface area contributed by atoms with E-state index in [4.69, 9.17) is 14.5 Å². The number of carbonyl (C=O) groups is 2. The van der Waals surface area contributed by atoms with Gasteiger partial charge in [0.05, 0.1) is 34.3 Å². The lowest BCUT2D eigenvalue weighted by atomic mass is 10.1. The van der Waals surface area contributed by atoms with Gasteiger partial charge in [0.15, 0.2) is 11.4 Å². The topological polar surface area (TPSA) is 83.3 Å². The third kappa shape index (κ3) is 3.94. The molecular weight excluding hydrogens is 414 g/mol. The fourth-order valence-electron chi connectivity index (χ4n) is 3.49. The molecule has 0 spiro atoms. The van der Waals surface area contributed by atoms with Crippen molar-refractivity contribution in [2.45, 2.75) is 20.5 Å². The third-order valence-corrected chi connectivity index (χ3v) is 5.90. The molecule has 3 heterocycles. The molecule has 0 fully saturated rings. The number of nitrogens with zero attached hydrogens (tertiary/aromatic N) is 3. The average molecular weight is 436 g/mol. The van der Waals surface area contributed by atoms with Crippen LogP contribution in [-0.2, 0) is 18.4 Å². The van der Waals surface area contributed by atoms with Crippen LogP contribution in [0.1, 0.15) is 38.9 Å². The smallest absolute Gasteiger partial charge is 0.339 e. The SMILES string of the molecule is COc1ccc(C(C)=O)cc1COC(=O)c1cc(-c2cccs2)nc2c1c(C)nn2C. The van der Waals surface area contributed by atoms with Crippen LogP contribution in [-0.4, -0.2) is 33.6 Å². The van der Waals surface area contributed by atoms with Crippen molar-refractivity contribution in [3.63, 3.8) is 0 Å². The fraction of sp³-hybridized carbons (Fsp3) is 0.217. The van der Waals surface area contributed by atoms with Gasteiger partial charge in [0.25, 0.3) is 0 Å². The largest absolute Gasteiger partial charge is 0.496 e. The number of ketones is 1. The van der Waals surface area contributed by atoms with Crippen LogP contribution in [0.4, 0.5) is 0 Å². The van der Waals surface area contributed by atoms with Gasteiger partial charge in [-0.05, 0) is 49.6 Å². The summed E-state index contributed by atoms with van der Waals surface area (Å²) in [6, 6.07) is 10.7. The van der Waals surface area contributed by atoms with Crippen molar-refractivity contribution in [1.29, 1.82) is 0 Å². The number of aryl methyl sites for hydroxylation is 2. The summed E-state index contributed by atoms with van der Waals surface area (Å²) in [5.74, 6) is -0.0104. The highest BCUT2D eigenvalue weighted by molar-refractivity contribution is 7.13. The highest BCUT2D eigenvalue weighted by atomic mass is 32.1. The minimum Gasteiger partial charge on any atom is -0.496 e. The van der Waals surface area contributed by atoms with E-state index in [1.165, 1.54) is 14.0 Å². The number of fused-ring (bicyclic) bond motifs is 1. The van der Waals surface area contributed by atoms with E-state index in [2.05, 4.69) is 5.10 Å². The summed E-state index contributed by atoms with van der Waals surface area (Å²) in [6.45, 7) is 3.30. The molecule has 0 aliphatic rings. The normalized spacial score (nSPS) is 11.0. The summed E-state index contributed by atoms with van der Waals surface area (Å²) in [4.78, 5) is 30.5. The number of rotatable bonds is 6. The van der Waals surface area contributed by atoms with Gasteiger partial charge < -0.3 is 9.47 Å². The van der Waals surface area contributed by atoms with Crippen LogP contribution in [0.25, 0.3) is 21.6 Å². The zero-order valence-electron chi connectivity index (χ0n) is 17.6. The molecule has 0 atom stereocenters. The number of carbonyl (C=O) groups excluding carboxylic acids is 2. The Balaban J connectivity index is 1.71. The van der Waals surface area contributed by atoms with Gasteiger partial charge in [-0.15, -0.1) is 11.3 Å². The van der Waals surface area contributed by atoms with Crippen molar-refractivity contribution < 1.29 is 19.1 Å². The van der Waals surface area contributed by atoms with Crippen molar-refractivity contribution >= 4 is 34.1 Å². The number of Topliss-reactive ketones (excluding diaryl/α,β-unsaturated/α-hetero) is 1. The Labute approximate surface area is 183 Å². The number of aromatic nitrogens is 3. The van der Waals surface area contributed by atoms with E-state index in [1.54, 1.807) is 47.3 Å². The van der Waals surface area contributed by atoms with Gasteiger partial charge in [-0.1, -0.05) is 6.07 Å². The van der Waals surface area contributed by atoms with E-state index in [0.29, 0.717) is 44.9 Å². The maximum atomic E-state index is 13.1. The first kappa shape index (κ1) is 20.7. The number of ether oxygens (including phenoxy) is 2. The number of hydrogen-bond acceptors (Lipinski definition) is 7. The second-order valence-electron chi connectivity index (χ2n) is 7.10. The molecule has 0 saturated heterocycles. The summed E-state index contributed by atoms with van der Waals surface area (Å²) < 4.78 is 12.7. The number of esters is 1. The van der Waals surface area contributed by atoms with Crippen LogP contribution < -0.4 is 4.74 Å². The van der Waals surface area contributed by atoms with Crippen molar-refractivity contribution in [2.75, 3.05) is 7.11 Å². The van der Waals surface area contributed by atoms with E-state index in [9.17, 15) is 9.59 Å². The summed E-state index contributed by atoms with van der Waals surface area (Å²) >= 11 is 1.54. The second kappa shape index (κ2) is 8.31. The van der Waals surface area contributed by atoms with Gasteiger partial charge in [-0.3, -0.25) is 9.48 Å². The molecule has 0 saturated carbocycles. The number of methoxy groups -OCH3 is 1. The lowest BCUT2D eigenvalue weighted by Crippen LogP contribution is -2.09. The fourth-order valence-corrected chi connectivity index (χ4v) is 4.17. The number of pyridine rings is 1. The van der Waals surface area contributed by atoms with Crippen LogP contribution in [0.15, 0.2) is 41.8 Å². The highest BCUT2D eigenvalue weighted by Crippen LogP contribution is 2.30. The zero-order valence-corrected chi connectivity index (χ0v) is 18.4. The van der Waals surface area contributed by atoms with Crippen molar-refractivity contribution in [3.05, 3.63) is 64.2 Å². The first-order valence-electron chi connectivity index (χ1n) is 9.62. The van der Waals surface area contributed by atoms with E-state index < -0.39 is 5.97 Å². The molecule has 158 valence electrons. The van der Waals surface area contributed by atoms with E-state index in [1.807, 2.05) is 24.4 Å². The van der Waals surface area contributed by atoms with Crippen molar-refractivity contribution in [3.8, 4) is 16.3 Å². The Bertz CT molecular complexity index is 1290. The quantitative estimate of drug-likeness (QED) is 0.326. The van der Waals surface area contributed by atoms with Gasteiger partial charge in [0.2, 0.25) is 0 Å². The Kier molecular flexibility index (Phi) is 5.56. The summed E-state index contributed by atoms with van der Waals surface area (Å²) in [7, 11) is 3.33. The second-order valence-corrected chi connectivity index (χ2v) is 8.05. The molecule has 0 bridgehead atoms. The first-order valence-corrected chi connectivity index (χ1v) is 10.5. The van der Waals surface area contributed by atoms with E-state index in [0.717, 1.165) is 4.88 Å². The summed E-state index contributed by atoms with van der Waals surface area (Å²) in [6.07, 6.45) is 0. The van der Waals surface area contributed by atoms with Crippen LogP contribution in [0.5, 0.6) is 5.75 Å². The predicted octanol–water partition coefficient (Wildman–Crippen LogP) is 4.57. The molecule has 0 amide bonds. The van der Waals surface area contributed by atoms with Crippen LogP contribution in [0.2, 0.25) is 0 Å². The molecule has 4 aromatic rings. The standard InChI is InChI=1S/C23H21N3O4S/c1-13-21-17(11-18(20-6-5-9-31-20)24-22(21)26(3)25-13)23(28)30-12-16-10-15(14(2)27)7-8-19(16)29-4/h5-11H,12H2,1-4H3. The predicted molar refractivity (Wildman–Crippen MR) is 119 cm³/mol. The summed E-state index contributed by atoms with van der Waals surface area (Å²) in [5.41, 5.74) is 3.56. The molecule has 0 N–H and O–H groups in total. The van der Waals surface area contributed by atoms with E-state index >= 15 is 0 Å². The van der Waals surface area contributed by atoms with Gasteiger partial charge in [0.1, 0.15) is 12.4 Å². The van der Waals surface area contributed by atoms with Crippen molar-refractivity contribution in [1.82, 2.24) is 14.8 Å². The van der Waals surface area contributed by atoms with Gasteiger partial charge in [-0.25, -0.2) is 9.78 Å². The Morgan fingerprint density at radius 2 is 2.00 bits per heavy atom. The van der Waals surface area contributed by atoms with Gasteiger partial charge in [0, 0.05) is 18.2 Å². The molecule has 1 aromatic carbocycles.